The first-order chi connectivity index (χ1) is 25.5. The predicted molar refractivity (Wildman–Crippen MR) is 193 cm³/mol. The summed E-state index contributed by atoms with van der Waals surface area (Å²) in [5, 5.41) is 3.13. The molecular formula is C41H49N3O8. The molecule has 3 aromatic rings. The Balaban J connectivity index is 0.887. The van der Waals surface area contributed by atoms with Crippen molar-refractivity contribution in [2.45, 2.75) is 63.6 Å². The molecule has 3 aromatic carbocycles. The second kappa shape index (κ2) is 17.4. The van der Waals surface area contributed by atoms with Crippen molar-refractivity contribution in [3.8, 4) is 5.75 Å². The number of carbonyl (C=O) groups excluding carboxylic acids is 3. The first kappa shape index (κ1) is 35.9. The summed E-state index contributed by atoms with van der Waals surface area (Å²) in [5.74, 6) is 0.672. The van der Waals surface area contributed by atoms with Crippen LogP contribution in [0.25, 0.3) is 0 Å². The molecule has 5 heterocycles. The van der Waals surface area contributed by atoms with E-state index in [9.17, 15) is 14.4 Å². The number of hydrogen-bond acceptors (Lipinski definition) is 9. The van der Waals surface area contributed by atoms with Gasteiger partial charge < -0.3 is 33.9 Å². The maximum atomic E-state index is 13.3. The Morgan fingerprint density at radius 2 is 1.56 bits per heavy atom. The van der Waals surface area contributed by atoms with Crippen LogP contribution < -0.4 is 10.1 Å². The van der Waals surface area contributed by atoms with Crippen molar-refractivity contribution < 1.29 is 38.1 Å². The molecule has 11 nitrogen and oxygen atoms in total. The minimum absolute atomic E-state index is 0.0463. The van der Waals surface area contributed by atoms with E-state index in [1.165, 1.54) is 0 Å². The number of esters is 1. The molecule has 5 aliphatic heterocycles. The molecule has 1 unspecified atom stereocenters. The van der Waals surface area contributed by atoms with Gasteiger partial charge in [-0.15, -0.1) is 0 Å². The lowest BCUT2D eigenvalue weighted by molar-refractivity contribution is -0.150. The highest BCUT2D eigenvalue weighted by atomic mass is 16.7. The van der Waals surface area contributed by atoms with Gasteiger partial charge in [-0.25, -0.2) is 4.79 Å². The van der Waals surface area contributed by atoms with Crippen LogP contribution in [0.15, 0.2) is 78.9 Å². The van der Waals surface area contributed by atoms with Crippen molar-refractivity contribution >= 4 is 18.0 Å². The Hall–Kier alpha value is -4.45. The van der Waals surface area contributed by atoms with Crippen molar-refractivity contribution in [3.05, 3.63) is 101 Å². The van der Waals surface area contributed by atoms with Gasteiger partial charge in [0.1, 0.15) is 18.5 Å². The van der Waals surface area contributed by atoms with Gasteiger partial charge >= 0.3 is 12.1 Å². The molecule has 2 atom stereocenters. The second-order valence-electron chi connectivity index (χ2n) is 14.2. The van der Waals surface area contributed by atoms with Crippen molar-refractivity contribution in [2.24, 2.45) is 11.8 Å². The van der Waals surface area contributed by atoms with Crippen LogP contribution in [-0.4, -0.2) is 92.7 Å². The summed E-state index contributed by atoms with van der Waals surface area (Å²) >= 11 is 0. The van der Waals surface area contributed by atoms with E-state index in [0.29, 0.717) is 82.4 Å². The fourth-order valence-electron chi connectivity index (χ4n) is 7.65. The number of hydrogen-bond donors (Lipinski definition) is 1. The number of fused-ring (bicyclic) bond motifs is 3. The number of nitrogens with one attached hydrogen (secondary N) is 1. The minimum atomic E-state index is -0.409. The average Bonchev–Trinajstić information content (AvgIpc) is 3.72. The molecule has 276 valence electrons. The Kier molecular flexibility index (Phi) is 12.0. The zero-order valence-electron chi connectivity index (χ0n) is 29.7. The van der Waals surface area contributed by atoms with Crippen LogP contribution in [0.2, 0.25) is 0 Å². The highest BCUT2D eigenvalue weighted by Crippen LogP contribution is 2.31. The van der Waals surface area contributed by atoms with Crippen molar-refractivity contribution in [1.82, 2.24) is 15.1 Å². The number of ether oxygens (including phenoxy) is 5. The van der Waals surface area contributed by atoms with Crippen LogP contribution in [0, 0.1) is 11.8 Å². The molecule has 0 aliphatic carbocycles. The zero-order valence-corrected chi connectivity index (χ0v) is 29.7. The molecule has 2 bridgehead atoms. The van der Waals surface area contributed by atoms with Gasteiger partial charge in [-0.1, -0.05) is 54.6 Å². The van der Waals surface area contributed by atoms with E-state index in [1.807, 2.05) is 78.9 Å². The standard InChI is InChI=1S/C41H49N3O8/c45-39(44-21-17-33(18-22-44)40(46)50-23-5-10-37-48-24-25-49-37)32-13-11-29(12-14-32)28-51-35-9-4-8-34(26-35)38(31-6-2-1-3-7-31)42-41(47)52-36-27-43-19-15-30(36)16-20-43/h1-4,6-9,11-14,26,30,33,36-38H,5,10,15-25,27-28H2,(H,42,47)/t36?,38-/m0/s1. The van der Waals surface area contributed by atoms with Crippen LogP contribution >= 0.6 is 0 Å². The second-order valence-corrected chi connectivity index (χ2v) is 14.2. The van der Waals surface area contributed by atoms with E-state index in [2.05, 4.69) is 10.2 Å². The summed E-state index contributed by atoms with van der Waals surface area (Å²) < 4.78 is 28.5. The number of piperidine rings is 4. The third kappa shape index (κ3) is 9.31. The summed E-state index contributed by atoms with van der Waals surface area (Å²) in [4.78, 5) is 43.2. The maximum absolute atomic E-state index is 13.3. The Bertz CT molecular complexity index is 1630. The minimum Gasteiger partial charge on any atom is -0.489 e. The van der Waals surface area contributed by atoms with Crippen molar-refractivity contribution in [1.29, 1.82) is 0 Å². The number of likely N-dealkylation sites (tertiary alicyclic amines) is 1. The number of carbonyl (C=O) groups is 3. The van der Waals surface area contributed by atoms with E-state index in [0.717, 1.165) is 49.2 Å². The summed E-state index contributed by atoms with van der Waals surface area (Å²) in [6.07, 6.45) is 4.07. The zero-order chi connectivity index (χ0) is 35.7. The van der Waals surface area contributed by atoms with Gasteiger partial charge in [-0.2, -0.15) is 0 Å². The van der Waals surface area contributed by atoms with Crippen LogP contribution in [0.5, 0.6) is 5.75 Å². The highest BCUT2D eigenvalue weighted by molar-refractivity contribution is 5.94. The normalized spacial score (nSPS) is 22.5. The molecule has 0 radical (unpaired) electrons. The van der Waals surface area contributed by atoms with E-state index in [-0.39, 0.29) is 30.2 Å². The lowest BCUT2D eigenvalue weighted by atomic mass is 9.86. The largest absolute Gasteiger partial charge is 0.489 e. The van der Waals surface area contributed by atoms with Crippen LogP contribution in [0.3, 0.4) is 0 Å². The predicted octanol–water partition coefficient (Wildman–Crippen LogP) is 5.72. The third-order valence-electron chi connectivity index (χ3n) is 10.7. The molecule has 52 heavy (non-hydrogen) atoms. The van der Waals surface area contributed by atoms with E-state index < -0.39 is 12.1 Å². The Morgan fingerprint density at radius 1 is 0.827 bits per heavy atom. The fourth-order valence-corrected chi connectivity index (χ4v) is 7.65. The van der Waals surface area contributed by atoms with Gasteiger partial charge in [-0.05, 0) is 92.1 Å². The molecule has 0 aromatic heterocycles. The maximum Gasteiger partial charge on any atom is 0.408 e. The molecular weight excluding hydrogens is 662 g/mol. The van der Waals surface area contributed by atoms with Crippen LogP contribution in [0.4, 0.5) is 4.79 Å². The van der Waals surface area contributed by atoms with Gasteiger partial charge in [0, 0.05) is 31.6 Å². The average molecular weight is 712 g/mol. The first-order valence-electron chi connectivity index (χ1n) is 18.7. The quantitative estimate of drug-likeness (QED) is 0.176. The molecule has 2 amide bonds. The number of rotatable bonds is 13. The summed E-state index contributed by atoms with van der Waals surface area (Å²) in [6.45, 7) is 5.91. The van der Waals surface area contributed by atoms with Crippen molar-refractivity contribution in [3.63, 3.8) is 0 Å². The SMILES string of the molecule is O=C(N[C@@H](c1ccccc1)c1cccc(OCc2ccc(C(=O)N3CCC(C(=O)OCCCC4OCCO4)CC3)cc2)c1)OC1CN2CCC1CC2. The van der Waals surface area contributed by atoms with Gasteiger partial charge in [0.15, 0.2) is 6.29 Å². The van der Waals surface area contributed by atoms with Crippen LogP contribution in [0.1, 0.15) is 71.6 Å². The van der Waals surface area contributed by atoms with E-state index in [1.54, 1.807) is 4.90 Å². The number of alkyl carbamates (subject to hydrolysis) is 1. The molecule has 8 rings (SSSR count). The fraction of sp³-hybridized carbons (Fsp3) is 0.488. The summed E-state index contributed by atoms with van der Waals surface area (Å²) in [7, 11) is 0. The topological polar surface area (TPSA) is 116 Å². The first-order valence-corrected chi connectivity index (χ1v) is 18.7. The van der Waals surface area contributed by atoms with E-state index >= 15 is 0 Å². The Morgan fingerprint density at radius 3 is 2.27 bits per heavy atom. The van der Waals surface area contributed by atoms with Gasteiger partial charge in [0.2, 0.25) is 0 Å². The number of benzene rings is 3. The highest BCUT2D eigenvalue weighted by Gasteiger charge is 2.37. The molecule has 0 saturated carbocycles. The summed E-state index contributed by atoms with van der Waals surface area (Å²) in [5.41, 5.74) is 3.36. The smallest absolute Gasteiger partial charge is 0.408 e. The lowest BCUT2D eigenvalue weighted by Crippen LogP contribution is -2.52. The van der Waals surface area contributed by atoms with Gasteiger partial charge in [-0.3, -0.25) is 14.5 Å². The van der Waals surface area contributed by atoms with E-state index in [4.69, 9.17) is 23.7 Å². The van der Waals surface area contributed by atoms with Crippen molar-refractivity contribution in [2.75, 3.05) is 52.5 Å². The molecule has 5 aliphatic rings. The third-order valence-corrected chi connectivity index (χ3v) is 10.7. The van der Waals surface area contributed by atoms with Gasteiger partial charge in [0.05, 0.1) is 31.8 Å². The molecule has 1 N–H and O–H groups in total. The lowest BCUT2D eigenvalue weighted by Gasteiger charge is -2.43. The molecule has 0 spiro atoms. The number of nitrogens with zero attached hydrogens (tertiary/aromatic N) is 2. The monoisotopic (exact) mass is 711 g/mol. The molecule has 5 fully saturated rings. The van der Waals surface area contributed by atoms with Gasteiger partial charge in [0.25, 0.3) is 5.91 Å². The van der Waals surface area contributed by atoms with Crippen LogP contribution in [-0.2, 0) is 30.3 Å². The Labute approximate surface area is 305 Å². The molecule has 11 heteroatoms. The number of amides is 2. The summed E-state index contributed by atoms with van der Waals surface area (Å²) in [6, 6.07) is 24.7. The molecule has 5 saturated heterocycles.